The van der Waals surface area contributed by atoms with E-state index in [0.29, 0.717) is 11.1 Å². The van der Waals surface area contributed by atoms with Gasteiger partial charge in [-0.3, -0.25) is 9.59 Å². The largest absolute Gasteiger partial charge is 0.465 e. The minimum Gasteiger partial charge on any atom is -0.465 e. The lowest BCUT2D eigenvalue weighted by molar-refractivity contribution is 0.0600. The Bertz CT molecular complexity index is 1290. The molecule has 162 valence electrons. The lowest BCUT2D eigenvalue weighted by atomic mass is 10.1. The monoisotopic (exact) mass is 457 g/mol. The normalized spacial score (nSPS) is 12.5. The van der Waals surface area contributed by atoms with E-state index in [-0.39, 0.29) is 16.3 Å². The van der Waals surface area contributed by atoms with Crippen LogP contribution in [0.2, 0.25) is 0 Å². The quantitative estimate of drug-likeness (QED) is 0.409. The molecule has 0 aliphatic carbocycles. The molecule has 0 spiro atoms. The Hall–Kier alpha value is -2.88. The fourth-order valence-corrected chi connectivity index (χ4v) is 4.93. The summed E-state index contributed by atoms with van der Waals surface area (Å²) < 4.78 is 5.82. The highest BCUT2D eigenvalue weighted by Crippen LogP contribution is 2.27. The smallest absolute Gasteiger partial charge is 0.337 e. The van der Waals surface area contributed by atoms with Crippen LogP contribution in [0.4, 0.5) is 0 Å². The second-order valence-corrected chi connectivity index (χ2v) is 9.46. The van der Waals surface area contributed by atoms with Gasteiger partial charge < -0.3 is 19.6 Å². The van der Waals surface area contributed by atoms with Crippen LogP contribution in [0.25, 0.3) is 12.2 Å². The van der Waals surface area contributed by atoms with Gasteiger partial charge in [-0.25, -0.2) is 4.79 Å². The van der Waals surface area contributed by atoms with Crippen molar-refractivity contribution in [1.82, 2.24) is 14.9 Å². The first-order chi connectivity index (χ1) is 14.9. The zero-order valence-electron chi connectivity index (χ0n) is 17.4. The first kappa shape index (κ1) is 22.8. The number of nitrogens with one attached hydrogen (secondary N) is 2. The van der Waals surface area contributed by atoms with Crippen LogP contribution in [-0.4, -0.2) is 54.3 Å². The van der Waals surface area contributed by atoms with Gasteiger partial charge in [-0.15, -0.1) is 23.1 Å². The summed E-state index contributed by atoms with van der Waals surface area (Å²) in [6.45, 7) is 0.984. The van der Waals surface area contributed by atoms with Crippen molar-refractivity contribution in [2.45, 2.75) is 4.21 Å². The molecule has 0 saturated carbocycles. The van der Waals surface area contributed by atoms with Crippen molar-refractivity contribution in [3.05, 3.63) is 83.8 Å². The minimum atomic E-state index is -0.439. The van der Waals surface area contributed by atoms with Gasteiger partial charge in [-0.2, -0.15) is 0 Å². The summed E-state index contributed by atoms with van der Waals surface area (Å²) in [5.41, 5.74) is 0.289. The molecule has 1 aromatic carbocycles. The van der Waals surface area contributed by atoms with E-state index in [1.54, 1.807) is 59.5 Å². The van der Waals surface area contributed by atoms with E-state index in [1.807, 2.05) is 26.2 Å². The molecule has 2 aromatic heterocycles. The molecule has 0 aliphatic heterocycles. The highest BCUT2D eigenvalue weighted by molar-refractivity contribution is 8.01. The molecule has 0 saturated heterocycles. The lowest BCUT2D eigenvalue weighted by Crippen LogP contribution is -2.46. The van der Waals surface area contributed by atoms with Gasteiger partial charge in [-0.1, -0.05) is 12.1 Å². The molecule has 0 aliphatic rings. The SMILES string of the molecule is COC(=O)c1ccc(C=c2[nH]c(=O)c(=Cc3ccc(SCCN(C)C)s3)[nH]c2=O)cc1. The van der Waals surface area contributed by atoms with Crippen LogP contribution >= 0.6 is 23.1 Å². The Morgan fingerprint density at radius 2 is 1.68 bits per heavy atom. The van der Waals surface area contributed by atoms with E-state index in [2.05, 4.69) is 19.6 Å². The third-order valence-corrected chi connectivity index (χ3v) is 6.54. The lowest BCUT2D eigenvalue weighted by Gasteiger charge is -2.07. The predicted octanol–water partition coefficient (Wildman–Crippen LogP) is 1.22. The molecule has 7 nitrogen and oxygen atoms in total. The van der Waals surface area contributed by atoms with Crippen LogP contribution in [0.1, 0.15) is 20.8 Å². The highest BCUT2D eigenvalue weighted by atomic mass is 32.2. The van der Waals surface area contributed by atoms with Gasteiger partial charge in [0, 0.05) is 17.2 Å². The zero-order chi connectivity index (χ0) is 22.4. The molecule has 0 atom stereocenters. The standard InChI is InChI=1S/C22H23N3O4S2/c1-25(2)10-11-30-19-9-8-16(31-19)13-18-21(27)23-17(20(26)24-18)12-14-4-6-15(7-5-14)22(28)29-3/h4-9,12-13H,10-11H2,1-3H3,(H,23,27)(H,24,26). The zero-order valence-corrected chi connectivity index (χ0v) is 19.1. The first-order valence-electron chi connectivity index (χ1n) is 9.47. The number of thioether (sulfide) groups is 1. The number of carbonyl (C=O) groups excluding carboxylic acids is 1. The van der Waals surface area contributed by atoms with Crippen molar-refractivity contribution in [2.24, 2.45) is 0 Å². The van der Waals surface area contributed by atoms with Gasteiger partial charge in [0.2, 0.25) is 0 Å². The fourth-order valence-electron chi connectivity index (χ4n) is 2.66. The van der Waals surface area contributed by atoms with Gasteiger partial charge in [-0.05, 0) is 56.1 Å². The summed E-state index contributed by atoms with van der Waals surface area (Å²) in [5, 5.41) is 0.342. The topological polar surface area (TPSA) is 95.3 Å². The third kappa shape index (κ3) is 6.30. The third-order valence-electron chi connectivity index (χ3n) is 4.30. The average Bonchev–Trinajstić information content (AvgIpc) is 3.18. The number of thiophene rings is 1. The summed E-state index contributed by atoms with van der Waals surface area (Å²) in [4.78, 5) is 44.8. The second kappa shape index (κ2) is 10.4. The van der Waals surface area contributed by atoms with E-state index in [9.17, 15) is 14.4 Å². The van der Waals surface area contributed by atoms with E-state index in [1.165, 1.54) is 7.11 Å². The van der Waals surface area contributed by atoms with E-state index in [4.69, 9.17) is 0 Å². The van der Waals surface area contributed by atoms with E-state index in [0.717, 1.165) is 21.4 Å². The number of carbonyl (C=O) groups is 1. The molecule has 2 heterocycles. The molecule has 9 heteroatoms. The molecule has 0 unspecified atom stereocenters. The maximum atomic E-state index is 12.5. The number of ether oxygens (including phenoxy) is 1. The number of aromatic nitrogens is 2. The van der Waals surface area contributed by atoms with Gasteiger partial charge in [0.25, 0.3) is 11.1 Å². The molecular formula is C22H23N3O4S2. The van der Waals surface area contributed by atoms with Crippen LogP contribution in [0.5, 0.6) is 0 Å². The number of aromatic amines is 2. The Labute approximate surface area is 187 Å². The van der Waals surface area contributed by atoms with E-state index >= 15 is 0 Å². The number of esters is 1. The number of hydrogen-bond acceptors (Lipinski definition) is 7. The minimum absolute atomic E-state index is 0.138. The van der Waals surface area contributed by atoms with E-state index < -0.39 is 11.5 Å². The molecule has 3 rings (SSSR count). The van der Waals surface area contributed by atoms with Crippen LogP contribution in [0.3, 0.4) is 0 Å². The van der Waals surface area contributed by atoms with Crippen LogP contribution in [0.15, 0.2) is 50.2 Å². The first-order valence-corrected chi connectivity index (χ1v) is 11.3. The summed E-state index contributed by atoms with van der Waals surface area (Å²) in [6, 6.07) is 10.5. The van der Waals surface area contributed by atoms with Gasteiger partial charge in [0.1, 0.15) is 10.7 Å². The van der Waals surface area contributed by atoms with Crippen molar-refractivity contribution >= 4 is 41.2 Å². The van der Waals surface area contributed by atoms with Crippen molar-refractivity contribution in [1.29, 1.82) is 0 Å². The number of rotatable bonds is 7. The summed E-state index contributed by atoms with van der Waals surface area (Å²) in [7, 11) is 5.39. The maximum absolute atomic E-state index is 12.5. The molecule has 0 bridgehead atoms. The van der Waals surface area contributed by atoms with Gasteiger partial charge in [0.05, 0.1) is 16.9 Å². The molecule has 3 aromatic rings. The summed E-state index contributed by atoms with van der Waals surface area (Å²) in [5.74, 6) is 0.542. The van der Waals surface area contributed by atoms with Crippen LogP contribution in [-0.2, 0) is 4.74 Å². The molecule has 2 N–H and O–H groups in total. The highest BCUT2D eigenvalue weighted by Gasteiger charge is 2.04. The summed E-state index contributed by atoms with van der Waals surface area (Å²) in [6.07, 6.45) is 3.23. The number of hydrogen-bond donors (Lipinski definition) is 2. The number of H-pyrrole nitrogens is 2. The van der Waals surface area contributed by atoms with Crippen molar-refractivity contribution in [3.63, 3.8) is 0 Å². The Kier molecular flexibility index (Phi) is 7.67. The molecule has 0 radical (unpaired) electrons. The van der Waals surface area contributed by atoms with Gasteiger partial charge in [0.15, 0.2) is 0 Å². The molecule has 31 heavy (non-hydrogen) atoms. The number of benzene rings is 1. The van der Waals surface area contributed by atoms with Crippen molar-refractivity contribution in [3.8, 4) is 0 Å². The van der Waals surface area contributed by atoms with Crippen molar-refractivity contribution < 1.29 is 9.53 Å². The molecular weight excluding hydrogens is 434 g/mol. The van der Waals surface area contributed by atoms with Crippen LogP contribution in [0, 0.1) is 0 Å². The average molecular weight is 458 g/mol. The number of nitrogens with zero attached hydrogens (tertiary/aromatic N) is 1. The molecule has 0 amide bonds. The predicted molar refractivity (Wildman–Crippen MR) is 125 cm³/mol. The summed E-state index contributed by atoms with van der Waals surface area (Å²) >= 11 is 3.34. The van der Waals surface area contributed by atoms with Crippen LogP contribution < -0.4 is 21.8 Å². The second-order valence-electron chi connectivity index (χ2n) is 6.95. The molecule has 0 fully saturated rings. The Morgan fingerprint density at radius 3 is 2.29 bits per heavy atom. The van der Waals surface area contributed by atoms with Gasteiger partial charge >= 0.3 is 5.97 Å². The fraction of sp³-hybridized carbons (Fsp3) is 0.227. The number of methoxy groups -OCH3 is 1. The van der Waals surface area contributed by atoms with Crippen molar-refractivity contribution in [2.75, 3.05) is 33.5 Å². The maximum Gasteiger partial charge on any atom is 0.337 e. The Balaban J connectivity index is 1.84. The Morgan fingerprint density at radius 1 is 1.03 bits per heavy atom.